The number of anilines is 1. The second-order valence-electron chi connectivity index (χ2n) is 3.28. The number of aromatic nitrogens is 3. The second kappa shape index (κ2) is 4.69. The molecule has 0 atom stereocenters. The molecule has 0 aliphatic rings. The minimum atomic E-state index is -0.345. The lowest BCUT2D eigenvalue weighted by atomic mass is 10.3. The lowest BCUT2D eigenvalue weighted by Gasteiger charge is -2.05. The first kappa shape index (κ1) is 12.4. The molecule has 0 radical (unpaired) electrons. The number of benzene rings is 1. The highest BCUT2D eigenvalue weighted by atomic mass is 127. The lowest BCUT2D eigenvalue weighted by Crippen LogP contribution is -2.12. The summed E-state index contributed by atoms with van der Waals surface area (Å²) in [5.74, 6) is -0.345. The Labute approximate surface area is 114 Å². The molecule has 0 fully saturated rings. The van der Waals surface area contributed by atoms with E-state index in [1.165, 1.54) is 10.6 Å². The number of nitrogens with two attached hydrogens (primary N) is 1. The molecule has 0 unspecified atom stereocenters. The van der Waals surface area contributed by atoms with Crippen molar-refractivity contribution in [3.05, 3.63) is 32.0 Å². The Balaban J connectivity index is 2.40. The highest BCUT2D eigenvalue weighted by Gasteiger charge is 2.11. The van der Waals surface area contributed by atoms with E-state index in [-0.39, 0.29) is 11.5 Å². The van der Waals surface area contributed by atoms with Gasteiger partial charge in [-0.1, -0.05) is 0 Å². The van der Waals surface area contributed by atoms with E-state index in [9.17, 15) is 9.18 Å². The number of nitrogens with zero attached hydrogens (tertiary/aromatic N) is 2. The summed E-state index contributed by atoms with van der Waals surface area (Å²) in [6.07, 6.45) is 0. The Hall–Kier alpha value is -1.03. The van der Waals surface area contributed by atoms with Crippen LogP contribution in [0.15, 0.2) is 27.0 Å². The van der Waals surface area contributed by atoms with Crippen molar-refractivity contribution in [2.45, 2.75) is 10.1 Å². The first-order valence-electron chi connectivity index (χ1n) is 4.53. The van der Waals surface area contributed by atoms with Crippen molar-refractivity contribution >= 4 is 40.0 Å². The van der Waals surface area contributed by atoms with Gasteiger partial charge in [0, 0.05) is 17.6 Å². The SMILES string of the molecule is Cn1c(Sc2cc(F)c(I)cc2N)n[nH]c1=O. The third kappa shape index (κ3) is 2.46. The molecule has 2 rings (SSSR count). The van der Waals surface area contributed by atoms with Crippen molar-refractivity contribution < 1.29 is 4.39 Å². The van der Waals surface area contributed by atoms with Gasteiger partial charge in [0.2, 0.25) is 0 Å². The Morgan fingerprint density at radius 2 is 2.29 bits per heavy atom. The molecule has 17 heavy (non-hydrogen) atoms. The smallest absolute Gasteiger partial charge is 0.343 e. The number of hydrogen-bond acceptors (Lipinski definition) is 4. The fourth-order valence-electron chi connectivity index (χ4n) is 1.15. The number of hydrogen-bond donors (Lipinski definition) is 2. The summed E-state index contributed by atoms with van der Waals surface area (Å²) in [5, 5.41) is 6.55. The second-order valence-corrected chi connectivity index (χ2v) is 5.45. The van der Waals surface area contributed by atoms with Gasteiger partial charge >= 0.3 is 5.69 Å². The van der Waals surface area contributed by atoms with Crippen LogP contribution >= 0.6 is 34.4 Å². The number of halogens is 2. The summed E-state index contributed by atoms with van der Waals surface area (Å²) in [4.78, 5) is 11.7. The molecule has 5 nitrogen and oxygen atoms in total. The molecule has 0 saturated carbocycles. The zero-order valence-electron chi connectivity index (χ0n) is 8.70. The van der Waals surface area contributed by atoms with Crippen molar-refractivity contribution in [1.82, 2.24) is 14.8 Å². The Kier molecular flexibility index (Phi) is 3.43. The molecule has 1 heterocycles. The normalized spacial score (nSPS) is 10.8. The molecular weight excluding hydrogens is 358 g/mol. The standard InChI is InChI=1S/C9H8FIN4OS/c1-15-8(16)13-14-9(15)17-7-2-4(10)5(11)3-6(7)12/h2-3H,12H2,1H3,(H,13,16). The van der Waals surface area contributed by atoms with Gasteiger partial charge in [-0.25, -0.2) is 14.3 Å². The maximum atomic E-state index is 13.4. The quantitative estimate of drug-likeness (QED) is 0.625. The van der Waals surface area contributed by atoms with E-state index in [1.54, 1.807) is 13.1 Å². The van der Waals surface area contributed by atoms with Crippen LogP contribution in [0.5, 0.6) is 0 Å². The first-order valence-corrected chi connectivity index (χ1v) is 6.42. The number of rotatable bonds is 2. The maximum absolute atomic E-state index is 13.4. The minimum Gasteiger partial charge on any atom is -0.398 e. The summed E-state index contributed by atoms with van der Waals surface area (Å²) >= 11 is 3.00. The predicted octanol–water partition coefficient (Wildman–Crippen LogP) is 1.59. The highest BCUT2D eigenvalue weighted by molar-refractivity contribution is 14.1. The molecule has 3 N–H and O–H groups in total. The van der Waals surface area contributed by atoms with E-state index in [0.717, 1.165) is 11.8 Å². The van der Waals surface area contributed by atoms with Crippen LogP contribution in [0.25, 0.3) is 0 Å². The lowest BCUT2D eigenvalue weighted by molar-refractivity contribution is 0.617. The van der Waals surface area contributed by atoms with E-state index >= 15 is 0 Å². The van der Waals surface area contributed by atoms with Gasteiger partial charge in [-0.2, -0.15) is 0 Å². The molecule has 1 aromatic heterocycles. The predicted molar refractivity (Wildman–Crippen MR) is 71.5 cm³/mol. The van der Waals surface area contributed by atoms with Gasteiger partial charge in [-0.3, -0.25) is 4.57 Å². The Morgan fingerprint density at radius 1 is 1.59 bits per heavy atom. The molecule has 0 aliphatic heterocycles. The van der Waals surface area contributed by atoms with Crippen molar-refractivity contribution in [3.8, 4) is 0 Å². The zero-order valence-corrected chi connectivity index (χ0v) is 11.7. The highest BCUT2D eigenvalue weighted by Crippen LogP contribution is 2.32. The van der Waals surface area contributed by atoms with E-state index in [0.29, 0.717) is 19.3 Å². The van der Waals surface area contributed by atoms with Gasteiger partial charge in [0.1, 0.15) is 5.82 Å². The van der Waals surface area contributed by atoms with E-state index in [1.807, 2.05) is 22.6 Å². The largest absolute Gasteiger partial charge is 0.398 e. The Bertz CT molecular complexity index is 624. The molecular formula is C9H8FIN4OS. The fraction of sp³-hybridized carbons (Fsp3) is 0.111. The van der Waals surface area contributed by atoms with Crippen LogP contribution < -0.4 is 11.4 Å². The van der Waals surface area contributed by atoms with E-state index < -0.39 is 0 Å². The zero-order chi connectivity index (χ0) is 12.6. The minimum absolute atomic E-state index is 0.322. The van der Waals surface area contributed by atoms with Crippen LogP contribution in [0.4, 0.5) is 10.1 Å². The molecule has 90 valence electrons. The summed E-state index contributed by atoms with van der Waals surface area (Å²) in [6, 6.07) is 2.88. The first-order chi connectivity index (χ1) is 7.99. The van der Waals surface area contributed by atoms with E-state index in [2.05, 4.69) is 10.2 Å². The molecule has 0 amide bonds. The van der Waals surface area contributed by atoms with E-state index in [4.69, 9.17) is 5.73 Å². The molecule has 1 aromatic carbocycles. The molecule has 0 bridgehead atoms. The van der Waals surface area contributed by atoms with Crippen LogP contribution in [0.1, 0.15) is 0 Å². The third-order valence-corrected chi connectivity index (χ3v) is 4.04. The Morgan fingerprint density at radius 3 is 2.88 bits per heavy atom. The molecule has 0 aliphatic carbocycles. The summed E-state index contributed by atoms with van der Waals surface area (Å²) in [6.45, 7) is 0. The number of nitrogen functional groups attached to an aromatic ring is 1. The topological polar surface area (TPSA) is 76.7 Å². The van der Waals surface area contributed by atoms with Crippen LogP contribution in [-0.2, 0) is 7.05 Å². The van der Waals surface area contributed by atoms with Crippen molar-refractivity contribution in [3.63, 3.8) is 0 Å². The number of H-pyrrole nitrogens is 1. The molecule has 0 spiro atoms. The summed E-state index contributed by atoms with van der Waals surface area (Å²) in [5.41, 5.74) is 5.91. The van der Waals surface area contributed by atoms with Crippen molar-refractivity contribution in [1.29, 1.82) is 0 Å². The van der Waals surface area contributed by atoms with Gasteiger partial charge in [0.15, 0.2) is 5.16 Å². The number of nitrogens with one attached hydrogen (secondary N) is 1. The van der Waals surface area contributed by atoms with Gasteiger partial charge in [0.25, 0.3) is 0 Å². The molecule has 0 saturated heterocycles. The van der Waals surface area contributed by atoms with Crippen LogP contribution in [0.2, 0.25) is 0 Å². The average Bonchev–Trinajstić information content (AvgIpc) is 2.58. The molecule has 8 heteroatoms. The third-order valence-electron chi connectivity index (χ3n) is 2.09. The maximum Gasteiger partial charge on any atom is 0.343 e. The number of aromatic amines is 1. The van der Waals surface area contributed by atoms with Crippen molar-refractivity contribution in [2.24, 2.45) is 7.05 Å². The molecule has 2 aromatic rings. The summed E-state index contributed by atoms with van der Waals surface area (Å²) < 4.78 is 15.2. The van der Waals surface area contributed by atoms with Gasteiger partial charge < -0.3 is 5.73 Å². The van der Waals surface area contributed by atoms with Gasteiger partial charge in [-0.15, -0.1) is 5.10 Å². The van der Waals surface area contributed by atoms with Crippen LogP contribution in [0.3, 0.4) is 0 Å². The van der Waals surface area contributed by atoms with Crippen LogP contribution in [0, 0.1) is 9.39 Å². The van der Waals surface area contributed by atoms with Gasteiger partial charge in [-0.05, 0) is 46.5 Å². The van der Waals surface area contributed by atoms with Crippen molar-refractivity contribution in [2.75, 3.05) is 5.73 Å². The average molecular weight is 366 g/mol. The monoisotopic (exact) mass is 366 g/mol. The fourth-order valence-corrected chi connectivity index (χ4v) is 2.49. The van der Waals surface area contributed by atoms with Gasteiger partial charge in [0.05, 0.1) is 3.57 Å². The summed E-state index contributed by atoms with van der Waals surface area (Å²) in [7, 11) is 1.58. The van der Waals surface area contributed by atoms with Crippen LogP contribution in [-0.4, -0.2) is 14.8 Å².